The van der Waals surface area contributed by atoms with E-state index in [1.807, 2.05) is 25.1 Å². The number of benzene rings is 1. The van der Waals surface area contributed by atoms with Crippen molar-refractivity contribution in [2.45, 2.75) is 45.4 Å². The molecule has 0 amide bonds. The monoisotopic (exact) mass is 422 g/mol. The zero-order chi connectivity index (χ0) is 19.2. The number of carbonyl (C=O) groups is 1. The number of rotatable bonds is 4. The first-order valence-corrected chi connectivity index (χ1v) is 10.8. The van der Waals surface area contributed by atoms with Gasteiger partial charge in [-0.1, -0.05) is 36.6 Å². The fourth-order valence-corrected chi connectivity index (χ4v) is 4.99. The van der Waals surface area contributed by atoms with E-state index in [9.17, 15) is 4.79 Å². The highest BCUT2D eigenvalue weighted by Gasteiger charge is 2.25. The summed E-state index contributed by atoms with van der Waals surface area (Å²) in [5.41, 5.74) is 2.49. The molecule has 2 N–H and O–H groups in total. The number of halogens is 1. The predicted molar refractivity (Wildman–Crippen MR) is 117 cm³/mol. The highest BCUT2D eigenvalue weighted by molar-refractivity contribution is 7.80. The summed E-state index contributed by atoms with van der Waals surface area (Å²) in [6.07, 6.45) is 6.59. The van der Waals surface area contributed by atoms with Gasteiger partial charge in [0.15, 0.2) is 5.11 Å². The lowest BCUT2D eigenvalue weighted by atomic mass is 9.96. The van der Waals surface area contributed by atoms with Crippen LogP contribution in [0, 0.1) is 0 Å². The largest absolute Gasteiger partial charge is 0.462 e. The van der Waals surface area contributed by atoms with Crippen LogP contribution >= 0.6 is 35.2 Å². The van der Waals surface area contributed by atoms with Crippen LogP contribution in [0.4, 0.5) is 10.7 Å². The number of fused-ring (bicyclic) bond motifs is 1. The van der Waals surface area contributed by atoms with Crippen LogP contribution in [0.2, 0.25) is 5.02 Å². The van der Waals surface area contributed by atoms with E-state index < -0.39 is 0 Å². The van der Waals surface area contributed by atoms with E-state index in [1.54, 1.807) is 17.4 Å². The van der Waals surface area contributed by atoms with Crippen molar-refractivity contribution in [3.05, 3.63) is 45.3 Å². The minimum Gasteiger partial charge on any atom is -0.462 e. The molecule has 0 bridgehead atoms. The minimum absolute atomic E-state index is 0.279. The molecule has 1 aromatic heterocycles. The van der Waals surface area contributed by atoms with Gasteiger partial charge in [0, 0.05) is 4.88 Å². The Hall–Kier alpha value is -1.63. The minimum atomic E-state index is -0.279. The highest BCUT2D eigenvalue weighted by atomic mass is 35.5. The number of hydrogen-bond acceptors (Lipinski definition) is 4. The lowest BCUT2D eigenvalue weighted by Gasteiger charge is -2.13. The van der Waals surface area contributed by atoms with Crippen molar-refractivity contribution < 1.29 is 9.53 Å². The van der Waals surface area contributed by atoms with Gasteiger partial charge in [0.2, 0.25) is 0 Å². The van der Waals surface area contributed by atoms with Crippen molar-refractivity contribution in [1.82, 2.24) is 0 Å². The number of thiophene rings is 1. The molecular weight excluding hydrogens is 400 g/mol. The van der Waals surface area contributed by atoms with E-state index >= 15 is 0 Å². The summed E-state index contributed by atoms with van der Waals surface area (Å²) in [6, 6.07) is 7.41. The van der Waals surface area contributed by atoms with Crippen molar-refractivity contribution in [3.8, 4) is 0 Å². The van der Waals surface area contributed by atoms with Crippen LogP contribution in [0.5, 0.6) is 0 Å². The SMILES string of the molecule is CCOC(=O)c1c(NC(=S)Nc2ccccc2Cl)sc2c1CCCCCC2. The van der Waals surface area contributed by atoms with Crippen molar-refractivity contribution in [2.24, 2.45) is 0 Å². The average Bonchev–Trinajstić information content (AvgIpc) is 2.93. The zero-order valence-electron chi connectivity index (χ0n) is 15.3. The van der Waals surface area contributed by atoms with Crippen molar-refractivity contribution in [3.63, 3.8) is 0 Å². The van der Waals surface area contributed by atoms with Gasteiger partial charge in [0.1, 0.15) is 5.00 Å². The quantitative estimate of drug-likeness (QED) is 0.464. The van der Waals surface area contributed by atoms with Gasteiger partial charge in [0.25, 0.3) is 0 Å². The molecule has 1 aromatic carbocycles. The molecule has 27 heavy (non-hydrogen) atoms. The molecule has 2 aromatic rings. The molecule has 0 radical (unpaired) electrons. The Labute approximate surface area is 174 Å². The Morgan fingerprint density at radius 2 is 1.93 bits per heavy atom. The van der Waals surface area contributed by atoms with Crippen LogP contribution in [0.1, 0.15) is 53.4 Å². The van der Waals surface area contributed by atoms with Gasteiger partial charge in [-0.25, -0.2) is 4.79 Å². The van der Waals surface area contributed by atoms with E-state index in [-0.39, 0.29) is 5.97 Å². The number of hydrogen-bond donors (Lipinski definition) is 2. The standard InChI is InChI=1S/C20H23ClN2O2S2/c1-2-25-19(24)17-13-9-5-3-4-6-12-16(13)27-18(17)23-20(26)22-15-11-8-7-10-14(15)21/h7-8,10-11H,2-6,9,12H2,1H3,(H2,22,23,26). The Morgan fingerprint density at radius 3 is 2.67 bits per heavy atom. The molecule has 1 aliphatic carbocycles. The summed E-state index contributed by atoms with van der Waals surface area (Å²) in [5, 5.41) is 8.06. The fourth-order valence-electron chi connectivity index (χ4n) is 3.25. The maximum absolute atomic E-state index is 12.7. The predicted octanol–water partition coefficient (Wildman–Crippen LogP) is 6.05. The summed E-state index contributed by atoms with van der Waals surface area (Å²) in [6.45, 7) is 2.18. The third-order valence-electron chi connectivity index (χ3n) is 4.50. The molecule has 1 aliphatic rings. The second-order valence-corrected chi connectivity index (χ2v) is 8.32. The molecule has 0 unspecified atom stereocenters. The van der Waals surface area contributed by atoms with E-state index in [1.165, 1.54) is 17.7 Å². The Morgan fingerprint density at radius 1 is 1.19 bits per heavy atom. The number of aryl methyl sites for hydroxylation is 1. The van der Waals surface area contributed by atoms with Crippen LogP contribution in [0.25, 0.3) is 0 Å². The van der Waals surface area contributed by atoms with E-state index in [2.05, 4.69) is 10.6 Å². The average molecular weight is 423 g/mol. The van der Waals surface area contributed by atoms with Crippen LogP contribution < -0.4 is 10.6 Å². The van der Waals surface area contributed by atoms with Gasteiger partial charge in [-0.3, -0.25) is 0 Å². The highest BCUT2D eigenvalue weighted by Crippen LogP contribution is 2.37. The molecule has 3 rings (SSSR count). The van der Waals surface area contributed by atoms with Crippen LogP contribution in [0.3, 0.4) is 0 Å². The Bertz CT molecular complexity index is 835. The van der Waals surface area contributed by atoms with E-state index in [0.29, 0.717) is 22.3 Å². The normalized spacial score (nSPS) is 13.9. The molecule has 4 nitrogen and oxygen atoms in total. The molecule has 144 valence electrons. The smallest absolute Gasteiger partial charge is 0.341 e. The van der Waals surface area contributed by atoms with Crippen LogP contribution in [-0.4, -0.2) is 17.7 Å². The van der Waals surface area contributed by atoms with Crippen molar-refractivity contribution in [1.29, 1.82) is 0 Å². The second-order valence-electron chi connectivity index (χ2n) is 6.40. The molecule has 0 spiro atoms. The molecular formula is C20H23ClN2O2S2. The first-order valence-electron chi connectivity index (χ1n) is 9.24. The summed E-state index contributed by atoms with van der Waals surface area (Å²) in [4.78, 5) is 13.9. The van der Waals surface area contributed by atoms with E-state index in [0.717, 1.165) is 41.9 Å². The summed E-state index contributed by atoms with van der Waals surface area (Å²) < 4.78 is 5.33. The lowest BCUT2D eigenvalue weighted by molar-refractivity contribution is 0.0526. The molecule has 7 heteroatoms. The number of anilines is 2. The second kappa shape index (κ2) is 9.53. The van der Waals surface area contributed by atoms with Gasteiger partial charge in [-0.15, -0.1) is 11.3 Å². The molecule has 1 heterocycles. The van der Waals surface area contributed by atoms with E-state index in [4.69, 9.17) is 28.6 Å². The third-order valence-corrected chi connectivity index (χ3v) is 6.24. The Balaban J connectivity index is 1.87. The Kier molecular flexibility index (Phi) is 7.10. The molecule has 0 atom stereocenters. The number of carbonyl (C=O) groups excluding carboxylic acids is 1. The third kappa shape index (κ3) is 5.00. The van der Waals surface area contributed by atoms with Gasteiger partial charge >= 0.3 is 5.97 Å². The number of nitrogens with one attached hydrogen (secondary N) is 2. The molecule has 0 saturated carbocycles. The first-order chi connectivity index (χ1) is 13.1. The van der Waals surface area contributed by atoms with Crippen LogP contribution in [-0.2, 0) is 17.6 Å². The molecule has 0 aliphatic heterocycles. The van der Waals surface area contributed by atoms with Crippen LogP contribution in [0.15, 0.2) is 24.3 Å². The summed E-state index contributed by atoms with van der Waals surface area (Å²) in [5.74, 6) is -0.279. The number of ether oxygens (including phenoxy) is 1. The topological polar surface area (TPSA) is 50.4 Å². The van der Waals surface area contributed by atoms with Crippen molar-refractivity contribution in [2.75, 3.05) is 17.2 Å². The summed E-state index contributed by atoms with van der Waals surface area (Å²) in [7, 11) is 0. The van der Waals surface area contributed by atoms with Gasteiger partial charge in [-0.2, -0.15) is 0 Å². The fraction of sp³-hybridized carbons (Fsp3) is 0.400. The molecule has 0 fully saturated rings. The first kappa shape index (κ1) is 20.1. The number of thiocarbonyl (C=S) groups is 1. The maximum Gasteiger partial charge on any atom is 0.341 e. The zero-order valence-corrected chi connectivity index (χ0v) is 17.7. The summed E-state index contributed by atoms with van der Waals surface area (Å²) >= 11 is 13.3. The van der Waals surface area contributed by atoms with Gasteiger partial charge < -0.3 is 15.4 Å². The maximum atomic E-state index is 12.7. The van der Waals surface area contributed by atoms with Crippen molar-refractivity contribution >= 4 is 56.9 Å². The van der Waals surface area contributed by atoms with Gasteiger partial charge in [0.05, 0.1) is 22.9 Å². The van der Waals surface area contributed by atoms with Gasteiger partial charge in [-0.05, 0) is 62.5 Å². The lowest BCUT2D eigenvalue weighted by Crippen LogP contribution is -2.20. The number of esters is 1. The number of para-hydroxylation sites is 1. The molecule has 0 saturated heterocycles.